The average molecular weight is 296 g/mol. The molecule has 114 valence electrons. The minimum atomic E-state index is -0.217. The maximum absolute atomic E-state index is 12.2. The molecule has 0 radical (unpaired) electrons. The number of esters is 1. The molecule has 0 unspecified atom stereocenters. The Balaban J connectivity index is 1.61. The molecule has 3 rings (SSSR count). The van der Waals surface area contributed by atoms with Crippen LogP contribution in [0.4, 0.5) is 0 Å². The second kappa shape index (κ2) is 6.30. The van der Waals surface area contributed by atoms with Crippen LogP contribution in [0.5, 0.6) is 0 Å². The van der Waals surface area contributed by atoms with Crippen LogP contribution in [0, 0.1) is 11.8 Å². The molecule has 0 saturated heterocycles. The number of hydrogen-bond donors (Lipinski definition) is 0. The van der Waals surface area contributed by atoms with E-state index in [1.807, 2.05) is 18.2 Å². The summed E-state index contributed by atoms with van der Waals surface area (Å²) < 4.78 is 4.98. The van der Waals surface area contributed by atoms with E-state index in [9.17, 15) is 9.59 Å². The molecule has 3 heteroatoms. The van der Waals surface area contributed by atoms with Crippen molar-refractivity contribution in [3.05, 3.63) is 48.0 Å². The molecule has 2 aromatic rings. The molecule has 1 aliphatic rings. The molecular formula is C19H20O3. The van der Waals surface area contributed by atoms with Gasteiger partial charge in [0.2, 0.25) is 0 Å². The van der Waals surface area contributed by atoms with Crippen molar-refractivity contribution in [2.75, 3.05) is 6.61 Å². The molecule has 1 fully saturated rings. The zero-order chi connectivity index (χ0) is 15.5. The number of carbonyl (C=O) groups is 2. The molecular weight excluding hydrogens is 276 g/mol. The van der Waals surface area contributed by atoms with Crippen molar-refractivity contribution in [1.29, 1.82) is 0 Å². The molecule has 0 heterocycles. The van der Waals surface area contributed by atoms with Crippen LogP contribution in [0.1, 0.15) is 25.3 Å². The molecule has 1 aliphatic carbocycles. The molecule has 1 saturated carbocycles. The Labute approximate surface area is 130 Å². The summed E-state index contributed by atoms with van der Waals surface area (Å²) in [6, 6.07) is 14.4. The lowest BCUT2D eigenvalue weighted by atomic mass is 9.99. The highest BCUT2D eigenvalue weighted by molar-refractivity contribution is 5.92. The van der Waals surface area contributed by atoms with Crippen LogP contribution < -0.4 is 0 Å². The van der Waals surface area contributed by atoms with Crippen molar-refractivity contribution in [2.45, 2.75) is 26.2 Å². The van der Waals surface area contributed by atoms with Crippen LogP contribution in [0.25, 0.3) is 10.8 Å². The first-order chi connectivity index (χ1) is 10.7. The van der Waals surface area contributed by atoms with E-state index >= 15 is 0 Å². The average Bonchev–Trinajstić information content (AvgIpc) is 3.33. The van der Waals surface area contributed by atoms with Crippen LogP contribution in [0.3, 0.4) is 0 Å². The molecule has 22 heavy (non-hydrogen) atoms. The topological polar surface area (TPSA) is 43.4 Å². The van der Waals surface area contributed by atoms with Crippen molar-refractivity contribution < 1.29 is 14.3 Å². The molecule has 2 aromatic carbocycles. The van der Waals surface area contributed by atoms with Crippen LogP contribution in [-0.4, -0.2) is 18.4 Å². The fraction of sp³-hybridized carbons (Fsp3) is 0.368. The predicted octanol–water partition coefficient (Wildman–Crippen LogP) is 3.54. The van der Waals surface area contributed by atoms with Crippen LogP contribution in [0.2, 0.25) is 0 Å². The monoisotopic (exact) mass is 296 g/mol. The van der Waals surface area contributed by atoms with E-state index in [1.165, 1.54) is 16.3 Å². The Bertz CT molecular complexity index is 699. The van der Waals surface area contributed by atoms with E-state index in [0.29, 0.717) is 19.4 Å². The van der Waals surface area contributed by atoms with E-state index in [4.69, 9.17) is 4.74 Å². The van der Waals surface area contributed by atoms with Gasteiger partial charge in [-0.2, -0.15) is 0 Å². The number of ketones is 1. The Morgan fingerprint density at radius 2 is 1.86 bits per heavy atom. The van der Waals surface area contributed by atoms with E-state index in [1.54, 1.807) is 6.92 Å². The number of Topliss-reactive ketones (excluding diaryl/α,β-unsaturated/α-hetero) is 1. The summed E-state index contributed by atoms with van der Waals surface area (Å²) in [6.07, 6.45) is 1.88. The lowest BCUT2D eigenvalue weighted by molar-refractivity contribution is -0.145. The first kappa shape index (κ1) is 14.8. The van der Waals surface area contributed by atoms with Crippen LogP contribution in [0.15, 0.2) is 42.5 Å². The fourth-order valence-electron chi connectivity index (χ4n) is 3.01. The SMILES string of the molecule is CCOC(=O)[C@H]1C[C@@H]1C(=O)CCc1cccc2ccccc12. The summed E-state index contributed by atoms with van der Waals surface area (Å²) in [4.78, 5) is 23.8. The third-order valence-corrected chi connectivity index (χ3v) is 4.31. The zero-order valence-corrected chi connectivity index (χ0v) is 12.7. The Hall–Kier alpha value is -2.16. The number of carbonyl (C=O) groups excluding carboxylic acids is 2. The van der Waals surface area contributed by atoms with Crippen molar-refractivity contribution in [3.8, 4) is 0 Å². The number of hydrogen-bond acceptors (Lipinski definition) is 3. The fourth-order valence-corrected chi connectivity index (χ4v) is 3.01. The maximum Gasteiger partial charge on any atom is 0.309 e. The summed E-state index contributed by atoms with van der Waals surface area (Å²) in [5, 5.41) is 2.40. The standard InChI is InChI=1S/C19H20O3/c1-2-22-19(21)17-12-16(17)18(20)11-10-14-8-5-7-13-6-3-4-9-15(13)14/h3-9,16-17H,2,10-12H2,1H3/t16-,17-/m0/s1. The van der Waals surface area contributed by atoms with Gasteiger partial charge in [0.1, 0.15) is 5.78 Å². The number of fused-ring (bicyclic) bond motifs is 1. The normalized spacial score (nSPS) is 19.9. The molecule has 0 aromatic heterocycles. The molecule has 0 amide bonds. The van der Waals surface area contributed by atoms with Gasteiger partial charge < -0.3 is 4.74 Å². The summed E-state index contributed by atoms with van der Waals surface area (Å²) in [6.45, 7) is 2.17. The van der Waals surface area contributed by atoms with Gasteiger partial charge in [0.05, 0.1) is 12.5 Å². The summed E-state index contributed by atoms with van der Waals surface area (Å²) in [7, 11) is 0. The first-order valence-electron chi connectivity index (χ1n) is 7.86. The van der Waals surface area contributed by atoms with Gasteiger partial charge in [0.25, 0.3) is 0 Å². The highest BCUT2D eigenvalue weighted by Crippen LogP contribution is 2.41. The van der Waals surface area contributed by atoms with Crippen molar-refractivity contribution in [1.82, 2.24) is 0 Å². The number of benzene rings is 2. The Morgan fingerprint density at radius 3 is 2.68 bits per heavy atom. The quantitative estimate of drug-likeness (QED) is 0.766. The number of aryl methyl sites for hydroxylation is 1. The summed E-state index contributed by atoms with van der Waals surface area (Å²) in [5.41, 5.74) is 1.19. The van der Waals surface area contributed by atoms with Gasteiger partial charge in [-0.25, -0.2) is 0 Å². The minimum absolute atomic E-state index is 0.117. The lowest BCUT2D eigenvalue weighted by Crippen LogP contribution is -2.12. The number of rotatable bonds is 6. The maximum atomic E-state index is 12.2. The van der Waals surface area contributed by atoms with Crippen molar-refractivity contribution in [2.24, 2.45) is 11.8 Å². The van der Waals surface area contributed by atoms with Crippen LogP contribution >= 0.6 is 0 Å². The molecule has 0 N–H and O–H groups in total. The van der Waals surface area contributed by atoms with Gasteiger partial charge in [0.15, 0.2) is 0 Å². The third kappa shape index (κ3) is 3.03. The second-order valence-corrected chi connectivity index (χ2v) is 5.81. The van der Waals surface area contributed by atoms with E-state index in [2.05, 4.69) is 24.3 Å². The van der Waals surface area contributed by atoms with E-state index in [-0.39, 0.29) is 23.6 Å². The molecule has 3 nitrogen and oxygen atoms in total. The van der Waals surface area contributed by atoms with Crippen molar-refractivity contribution in [3.63, 3.8) is 0 Å². The van der Waals surface area contributed by atoms with Crippen LogP contribution in [-0.2, 0) is 20.7 Å². The van der Waals surface area contributed by atoms with Crippen molar-refractivity contribution >= 4 is 22.5 Å². The molecule has 0 spiro atoms. The second-order valence-electron chi connectivity index (χ2n) is 5.81. The van der Waals surface area contributed by atoms with Gasteiger partial charge >= 0.3 is 5.97 Å². The molecule has 0 bridgehead atoms. The van der Waals surface area contributed by atoms with Gasteiger partial charge in [-0.05, 0) is 36.1 Å². The Kier molecular flexibility index (Phi) is 4.23. The summed E-state index contributed by atoms with van der Waals surface area (Å²) >= 11 is 0. The van der Waals surface area contributed by atoms with E-state index in [0.717, 1.165) is 6.42 Å². The lowest BCUT2D eigenvalue weighted by Gasteiger charge is -2.06. The smallest absolute Gasteiger partial charge is 0.309 e. The first-order valence-corrected chi connectivity index (χ1v) is 7.86. The van der Waals surface area contributed by atoms with Gasteiger partial charge in [-0.1, -0.05) is 42.5 Å². The summed E-state index contributed by atoms with van der Waals surface area (Å²) in [5.74, 6) is -0.342. The van der Waals surface area contributed by atoms with Gasteiger partial charge in [0, 0.05) is 12.3 Å². The van der Waals surface area contributed by atoms with Gasteiger partial charge in [-0.15, -0.1) is 0 Å². The highest BCUT2D eigenvalue weighted by atomic mass is 16.5. The Morgan fingerprint density at radius 1 is 1.09 bits per heavy atom. The largest absolute Gasteiger partial charge is 0.466 e. The molecule has 2 atom stereocenters. The number of ether oxygens (including phenoxy) is 1. The third-order valence-electron chi connectivity index (χ3n) is 4.31. The van der Waals surface area contributed by atoms with Gasteiger partial charge in [-0.3, -0.25) is 9.59 Å². The highest BCUT2D eigenvalue weighted by Gasteiger charge is 2.48. The molecule has 0 aliphatic heterocycles. The zero-order valence-electron chi connectivity index (χ0n) is 12.7. The predicted molar refractivity (Wildman–Crippen MR) is 85.5 cm³/mol. The minimum Gasteiger partial charge on any atom is -0.466 e. The van der Waals surface area contributed by atoms with E-state index < -0.39 is 0 Å².